The van der Waals surface area contributed by atoms with Gasteiger partial charge in [-0.1, -0.05) is 6.07 Å². The molecule has 0 saturated heterocycles. The van der Waals surface area contributed by atoms with Crippen LogP contribution in [0.4, 0.5) is 0 Å². The van der Waals surface area contributed by atoms with Crippen molar-refractivity contribution in [3.8, 4) is 0 Å². The summed E-state index contributed by atoms with van der Waals surface area (Å²) in [5, 5.41) is 0.247. The van der Waals surface area contributed by atoms with Gasteiger partial charge in [-0.05, 0) is 66.3 Å². The summed E-state index contributed by atoms with van der Waals surface area (Å²) in [4.78, 5) is 0.302. The number of fused-ring (bicyclic) bond motifs is 1. The van der Waals surface area contributed by atoms with Crippen LogP contribution in [-0.4, -0.2) is 8.42 Å². The van der Waals surface area contributed by atoms with Crippen molar-refractivity contribution in [2.24, 2.45) is 0 Å². The van der Waals surface area contributed by atoms with E-state index in [2.05, 4.69) is 4.72 Å². The molecule has 1 aliphatic rings. The van der Waals surface area contributed by atoms with Crippen molar-refractivity contribution in [1.29, 1.82) is 0 Å². The van der Waals surface area contributed by atoms with Crippen molar-refractivity contribution >= 4 is 21.6 Å². The molecule has 0 fully saturated rings. The van der Waals surface area contributed by atoms with Gasteiger partial charge in [-0.25, -0.2) is 13.1 Å². The molecular weight excluding hydrogens is 298 g/mol. The molecule has 0 unspecified atom stereocenters. The van der Waals surface area contributed by atoms with Gasteiger partial charge in [0.1, 0.15) is 5.76 Å². The van der Waals surface area contributed by atoms with E-state index in [0.717, 1.165) is 24.8 Å². The van der Waals surface area contributed by atoms with Gasteiger partial charge in [-0.15, -0.1) is 0 Å². The highest BCUT2D eigenvalue weighted by Gasteiger charge is 2.18. The second-order valence-corrected chi connectivity index (χ2v) is 6.95. The summed E-state index contributed by atoms with van der Waals surface area (Å²) in [5.74, 6) is 0.486. The molecule has 1 heterocycles. The first kappa shape index (κ1) is 13.7. The Labute approximate surface area is 122 Å². The molecule has 4 nitrogen and oxygen atoms in total. The number of nitrogens with one attached hydrogen (secondary N) is 1. The molecule has 0 radical (unpaired) electrons. The number of furan rings is 1. The summed E-state index contributed by atoms with van der Waals surface area (Å²) in [6.45, 7) is 0.0894. The molecule has 0 amide bonds. The highest BCUT2D eigenvalue weighted by Crippen LogP contribution is 2.24. The summed E-state index contributed by atoms with van der Waals surface area (Å²) >= 11 is 5.65. The largest absolute Gasteiger partial charge is 0.448 e. The van der Waals surface area contributed by atoms with Crippen molar-refractivity contribution in [2.45, 2.75) is 30.7 Å². The van der Waals surface area contributed by atoms with Crippen LogP contribution in [0.3, 0.4) is 0 Å². The van der Waals surface area contributed by atoms with Gasteiger partial charge in [0.05, 0.1) is 11.4 Å². The van der Waals surface area contributed by atoms with Crippen LogP contribution in [0.2, 0.25) is 5.22 Å². The van der Waals surface area contributed by atoms with Gasteiger partial charge < -0.3 is 4.42 Å². The summed E-state index contributed by atoms with van der Waals surface area (Å²) in [6.07, 6.45) is 3.08. The highest BCUT2D eigenvalue weighted by atomic mass is 35.5. The minimum Gasteiger partial charge on any atom is -0.448 e. The van der Waals surface area contributed by atoms with Gasteiger partial charge in [0.15, 0.2) is 5.22 Å². The quantitative estimate of drug-likeness (QED) is 0.944. The van der Waals surface area contributed by atoms with Crippen LogP contribution < -0.4 is 4.72 Å². The lowest BCUT2D eigenvalue weighted by molar-refractivity contribution is 0.500. The summed E-state index contributed by atoms with van der Waals surface area (Å²) in [7, 11) is -3.52. The molecule has 0 aliphatic heterocycles. The molecule has 3 rings (SSSR count). The Kier molecular flexibility index (Phi) is 3.58. The minimum absolute atomic E-state index is 0.0894. The zero-order valence-corrected chi connectivity index (χ0v) is 12.3. The van der Waals surface area contributed by atoms with Crippen LogP contribution in [0.25, 0.3) is 0 Å². The van der Waals surface area contributed by atoms with Crippen LogP contribution in [0, 0.1) is 0 Å². The summed E-state index contributed by atoms with van der Waals surface area (Å²) in [6, 6.07) is 8.55. The maximum Gasteiger partial charge on any atom is 0.240 e. The first-order chi connectivity index (χ1) is 9.54. The number of benzene rings is 1. The van der Waals surface area contributed by atoms with E-state index in [4.69, 9.17) is 16.0 Å². The van der Waals surface area contributed by atoms with Crippen molar-refractivity contribution in [3.05, 3.63) is 52.4 Å². The topological polar surface area (TPSA) is 59.3 Å². The third kappa shape index (κ3) is 2.75. The summed E-state index contributed by atoms with van der Waals surface area (Å²) in [5.41, 5.74) is 2.38. The van der Waals surface area contributed by atoms with E-state index in [0.29, 0.717) is 10.7 Å². The smallest absolute Gasteiger partial charge is 0.240 e. The SMILES string of the molecule is O=S(=O)(NCc1ccc(Cl)o1)c1ccc2c(c1)CCC2. The third-order valence-corrected chi connectivity index (χ3v) is 5.05. The lowest BCUT2D eigenvalue weighted by Crippen LogP contribution is -2.23. The van der Waals surface area contributed by atoms with Crippen LogP contribution in [0.15, 0.2) is 39.6 Å². The molecule has 20 heavy (non-hydrogen) atoms. The fraction of sp³-hybridized carbons (Fsp3) is 0.286. The van der Waals surface area contributed by atoms with E-state index < -0.39 is 10.0 Å². The predicted octanol–water partition coefficient (Wildman–Crippen LogP) is 2.90. The molecule has 6 heteroatoms. The molecule has 0 atom stereocenters. The van der Waals surface area contributed by atoms with Crippen LogP contribution >= 0.6 is 11.6 Å². The van der Waals surface area contributed by atoms with Crippen LogP contribution in [-0.2, 0) is 29.4 Å². The van der Waals surface area contributed by atoms with E-state index in [9.17, 15) is 8.42 Å². The van der Waals surface area contributed by atoms with Gasteiger partial charge in [-0.2, -0.15) is 0 Å². The van der Waals surface area contributed by atoms with Gasteiger partial charge >= 0.3 is 0 Å². The Bertz CT molecular complexity index is 737. The highest BCUT2D eigenvalue weighted by molar-refractivity contribution is 7.89. The average Bonchev–Trinajstić information content (AvgIpc) is 3.04. The van der Waals surface area contributed by atoms with E-state index in [1.807, 2.05) is 6.07 Å². The Morgan fingerprint density at radius 1 is 1.15 bits per heavy atom. The standard InChI is InChI=1S/C14H14ClNO3S/c15-14-7-5-12(19-14)9-16-20(17,18)13-6-4-10-2-1-3-11(10)8-13/h4-8,16H,1-3,9H2. The number of rotatable bonds is 4. The molecule has 1 N–H and O–H groups in total. The molecule has 0 bridgehead atoms. The summed E-state index contributed by atoms with van der Waals surface area (Å²) < 4.78 is 32.1. The maximum absolute atomic E-state index is 12.2. The van der Waals surface area contributed by atoms with Crippen LogP contribution in [0.5, 0.6) is 0 Å². The molecular formula is C14H14ClNO3S. The number of aryl methyl sites for hydroxylation is 2. The second-order valence-electron chi connectivity index (χ2n) is 4.81. The van der Waals surface area contributed by atoms with Gasteiger partial charge in [-0.3, -0.25) is 0 Å². The number of halogens is 1. The molecule has 0 saturated carbocycles. The van der Waals surface area contributed by atoms with Gasteiger partial charge in [0, 0.05) is 0 Å². The fourth-order valence-electron chi connectivity index (χ4n) is 2.41. The molecule has 1 aliphatic carbocycles. The Morgan fingerprint density at radius 2 is 1.95 bits per heavy atom. The fourth-order valence-corrected chi connectivity index (χ4v) is 3.62. The van der Waals surface area contributed by atoms with E-state index >= 15 is 0 Å². The van der Waals surface area contributed by atoms with Crippen molar-refractivity contribution in [2.75, 3.05) is 0 Å². The van der Waals surface area contributed by atoms with Gasteiger partial charge in [0.2, 0.25) is 10.0 Å². The Morgan fingerprint density at radius 3 is 2.70 bits per heavy atom. The molecule has 1 aromatic carbocycles. The lowest BCUT2D eigenvalue weighted by atomic mass is 10.1. The molecule has 106 valence electrons. The van der Waals surface area contributed by atoms with E-state index in [1.54, 1.807) is 24.3 Å². The maximum atomic E-state index is 12.2. The first-order valence-electron chi connectivity index (χ1n) is 6.40. The number of hydrogen-bond acceptors (Lipinski definition) is 3. The van der Waals surface area contributed by atoms with Crippen molar-refractivity contribution in [3.63, 3.8) is 0 Å². The number of hydrogen-bond donors (Lipinski definition) is 1. The molecule has 1 aromatic heterocycles. The molecule has 0 spiro atoms. The van der Waals surface area contributed by atoms with Crippen LogP contribution in [0.1, 0.15) is 23.3 Å². The van der Waals surface area contributed by atoms with E-state index in [1.165, 1.54) is 5.56 Å². The van der Waals surface area contributed by atoms with E-state index in [-0.39, 0.29) is 11.8 Å². The normalized spacial score (nSPS) is 14.4. The van der Waals surface area contributed by atoms with Crippen molar-refractivity contribution in [1.82, 2.24) is 4.72 Å². The molecule has 2 aromatic rings. The Balaban J connectivity index is 1.78. The number of sulfonamides is 1. The minimum atomic E-state index is -3.52. The zero-order valence-electron chi connectivity index (χ0n) is 10.7. The van der Waals surface area contributed by atoms with Gasteiger partial charge in [0.25, 0.3) is 0 Å². The lowest BCUT2D eigenvalue weighted by Gasteiger charge is -2.07. The second kappa shape index (κ2) is 5.24. The third-order valence-electron chi connectivity index (χ3n) is 3.45. The first-order valence-corrected chi connectivity index (χ1v) is 8.26. The predicted molar refractivity (Wildman–Crippen MR) is 76.2 cm³/mol. The Hall–Kier alpha value is -1.30. The average molecular weight is 312 g/mol. The zero-order chi connectivity index (χ0) is 14.2. The monoisotopic (exact) mass is 311 g/mol. The van der Waals surface area contributed by atoms with Crippen molar-refractivity contribution < 1.29 is 12.8 Å².